The first-order valence-electron chi connectivity index (χ1n) is 9.10. The summed E-state index contributed by atoms with van der Waals surface area (Å²) in [6, 6.07) is 14.2. The van der Waals surface area contributed by atoms with Gasteiger partial charge in [0.05, 0.1) is 16.3 Å². The van der Waals surface area contributed by atoms with E-state index in [4.69, 9.17) is 16.3 Å². The summed E-state index contributed by atoms with van der Waals surface area (Å²) in [5.74, 6) is -0.678. The number of hydrogen-bond acceptors (Lipinski definition) is 3. The molecule has 1 aromatic heterocycles. The van der Waals surface area contributed by atoms with Gasteiger partial charge in [0.1, 0.15) is 18.2 Å². The number of hydrogen-bond donors (Lipinski definition) is 0. The molecule has 1 aliphatic rings. The van der Waals surface area contributed by atoms with E-state index in [0.717, 1.165) is 0 Å². The molecule has 148 valence electrons. The average molecular weight is 415 g/mol. The molecule has 0 N–H and O–H groups in total. The van der Waals surface area contributed by atoms with Gasteiger partial charge in [-0.1, -0.05) is 35.9 Å². The fourth-order valence-electron chi connectivity index (χ4n) is 3.27. The van der Waals surface area contributed by atoms with Crippen LogP contribution >= 0.6 is 11.6 Å². The molecule has 0 aliphatic carbocycles. The van der Waals surface area contributed by atoms with Crippen molar-refractivity contribution in [2.45, 2.75) is 19.6 Å². The van der Waals surface area contributed by atoms with E-state index in [1.165, 1.54) is 18.2 Å². The van der Waals surface area contributed by atoms with Crippen LogP contribution in [0.15, 0.2) is 54.6 Å². The molecule has 3 aromatic rings. The average Bonchev–Trinajstić information content (AvgIpc) is 2.72. The van der Waals surface area contributed by atoms with Crippen molar-refractivity contribution in [3.05, 3.63) is 93.6 Å². The van der Waals surface area contributed by atoms with Gasteiger partial charge in [0.15, 0.2) is 0 Å². The van der Waals surface area contributed by atoms with E-state index in [1.807, 2.05) is 0 Å². The minimum absolute atomic E-state index is 0.0362. The molecule has 0 bridgehead atoms. The predicted octanol–water partition coefficient (Wildman–Crippen LogP) is 4.79. The van der Waals surface area contributed by atoms with Crippen LogP contribution in [0.3, 0.4) is 0 Å². The summed E-state index contributed by atoms with van der Waals surface area (Å²) in [5.41, 5.74) is 2.17. The third-order valence-electron chi connectivity index (χ3n) is 4.75. The van der Waals surface area contributed by atoms with Crippen LogP contribution in [0.2, 0.25) is 5.02 Å². The zero-order valence-electron chi connectivity index (χ0n) is 15.4. The van der Waals surface area contributed by atoms with Crippen molar-refractivity contribution in [2.24, 2.45) is 0 Å². The van der Waals surface area contributed by atoms with Crippen LogP contribution in [0.4, 0.5) is 8.78 Å². The monoisotopic (exact) mass is 414 g/mol. The number of ether oxygens (including phenoxy) is 1. The normalized spacial score (nSPS) is 13.3. The Bertz CT molecular complexity index is 1070. The molecule has 1 aliphatic heterocycles. The minimum atomic E-state index is -0.507. The number of carbonyl (C=O) groups is 1. The molecule has 0 radical (unpaired) electrons. The van der Waals surface area contributed by atoms with Gasteiger partial charge in [0.2, 0.25) is 5.88 Å². The molecule has 0 unspecified atom stereocenters. The largest absolute Gasteiger partial charge is 0.473 e. The summed E-state index contributed by atoms with van der Waals surface area (Å²) < 4.78 is 33.0. The number of carbonyl (C=O) groups excluding carboxylic acids is 1. The summed E-state index contributed by atoms with van der Waals surface area (Å²) >= 11 is 5.83. The maximum absolute atomic E-state index is 14.2. The van der Waals surface area contributed by atoms with E-state index in [0.29, 0.717) is 41.2 Å². The second-order valence-corrected chi connectivity index (χ2v) is 7.16. The van der Waals surface area contributed by atoms with E-state index in [-0.39, 0.29) is 29.9 Å². The highest BCUT2D eigenvalue weighted by molar-refractivity contribution is 6.30. The van der Waals surface area contributed by atoms with Gasteiger partial charge >= 0.3 is 0 Å². The van der Waals surface area contributed by atoms with Crippen molar-refractivity contribution in [3.8, 4) is 5.88 Å². The first-order chi connectivity index (χ1) is 14.0. The van der Waals surface area contributed by atoms with Gasteiger partial charge in [-0.3, -0.25) is 4.79 Å². The van der Waals surface area contributed by atoms with Crippen molar-refractivity contribution >= 4 is 17.5 Å². The molecule has 0 atom stereocenters. The zero-order valence-corrected chi connectivity index (χ0v) is 16.1. The van der Waals surface area contributed by atoms with Gasteiger partial charge in [-0.05, 0) is 29.8 Å². The summed E-state index contributed by atoms with van der Waals surface area (Å²) in [4.78, 5) is 18.8. The summed E-state index contributed by atoms with van der Waals surface area (Å²) in [6.07, 6.45) is 0.528. The molecule has 0 saturated carbocycles. The number of amides is 1. The van der Waals surface area contributed by atoms with Crippen LogP contribution in [0.25, 0.3) is 0 Å². The van der Waals surface area contributed by atoms with Crippen LogP contribution in [0.5, 0.6) is 5.88 Å². The molecule has 7 heteroatoms. The lowest BCUT2D eigenvalue weighted by atomic mass is 10.0. The maximum Gasteiger partial charge on any atom is 0.256 e. The van der Waals surface area contributed by atoms with E-state index in [1.54, 1.807) is 41.3 Å². The van der Waals surface area contributed by atoms with Crippen LogP contribution in [0, 0.1) is 11.6 Å². The highest BCUT2D eigenvalue weighted by Crippen LogP contribution is 2.25. The van der Waals surface area contributed by atoms with Gasteiger partial charge < -0.3 is 9.64 Å². The summed E-state index contributed by atoms with van der Waals surface area (Å²) in [5, 5.41) is 0.0362. The van der Waals surface area contributed by atoms with E-state index < -0.39 is 5.82 Å². The molecule has 0 spiro atoms. The molecule has 0 saturated heterocycles. The second-order valence-electron chi connectivity index (χ2n) is 6.75. The van der Waals surface area contributed by atoms with Crippen LogP contribution < -0.4 is 4.74 Å². The van der Waals surface area contributed by atoms with Crippen LogP contribution in [0.1, 0.15) is 27.2 Å². The zero-order chi connectivity index (χ0) is 20.4. The number of benzene rings is 2. The number of rotatable bonds is 5. The Hall–Kier alpha value is -2.99. The fraction of sp³-hybridized carbons (Fsp3) is 0.182. The Morgan fingerprint density at radius 1 is 1.10 bits per heavy atom. The van der Waals surface area contributed by atoms with Crippen molar-refractivity contribution in [1.82, 2.24) is 9.88 Å². The summed E-state index contributed by atoms with van der Waals surface area (Å²) in [7, 11) is 0. The van der Waals surface area contributed by atoms with Gasteiger partial charge in [-0.15, -0.1) is 0 Å². The minimum Gasteiger partial charge on any atom is -0.473 e. The van der Waals surface area contributed by atoms with E-state index in [2.05, 4.69) is 4.98 Å². The van der Waals surface area contributed by atoms with Gasteiger partial charge in [0, 0.05) is 31.1 Å². The molecule has 0 fully saturated rings. The molecule has 29 heavy (non-hydrogen) atoms. The Balaban J connectivity index is 1.46. The molecule has 4 rings (SSSR count). The first kappa shape index (κ1) is 19.3. The molecule has 4 nitrogen and oxygen atoms in total. The highest BCUT2D eigenvalue weighted by atomic mass is 35.5. The van der Waals surface area contributed by atoms with E-state index >= 15 is 0 Å². The number of pyridine rings is 1. The smallest absolute Gasteiger partial charge is 0.256 e. The van der Waals surface area contributed by atoms with Crippen molar-refractivity contribution in [3.63, 3.8) is 0 Å². The topological polar surface area (TPSA) is 42.4 Å². The molecule has 1 amide bonds. The standard InChI is InChI=1S/C22H17ClF2N2O2/c23-18-6-2-4-15(21(18)25)12-27-10-9-19-17(22(27)28)7-8-20(26-19)29-13-14-3-1-5-16(24)11-14/h1-8,11H,9-10,12-13H2. The molecular formula is C22H17ClF2N2O2. The van der Waals surface area contributed by atoms with Gasteiger partial charge in [0.25, 0.3) is 5.91 Å². The number of halogens is 3. The lowest BCUT2D eigenvalue weighted by molar-refractivity contribution is 0.0723. The quantitative estimate of drug-likeness (QED) is 0.602. The second kappa shape index (κ2) is 8.17. The maximum atomic E-state index is 14.2. The van der Waals surface area contributed by atoms with Crippen LogP contribution in [-0.2, 0) is 19.6 Å². The molecule has 2 heterocycles. The Labute approximate surface area is 171 Å². The third kappa shape index (κ3) is 4.22. The summed E-state index contributed by atoms with van der Waals surface area (Å²) in [6.45, 7) is 0.734. The Kier molecular flexibility index (Phi) is 5.45. The Morgan fingerprint density at radius 3 is 2.76 bits per heavy atom. The SMILES string of the molecule is O=C1c2ccc(OCc3cccc(F)c3)nc2CCN1Cc1cccc(Cl)c1F. The van der Waals surface area contributed by atoms with Crippen molar-refractivity contribution in [2.75, 3.05) is 6.54 Å². The lowest BCUT2D eigenvalue weighted by Gasteiger charge is -2.28. The van der Waals surface area contributed by atoms with Crippen LogP contribution in [-0.4, -0.2) is 22.3 Å². The van der Waals surface area contributed by atoms with Crippen molar-refractivity contribution in [1.29, 1.82) is 0 Å². The van der Waals surface area contributed by atoms with E-state index in [9.17, 15) is 13.6 Å². The first-order valence-corrected chi connectivity index (χ1v) is 9.48. The van der Waals surface area contributed by atoms with Crippen molar-refractivity contribution < 1.29 is 18.3 Å². The Morgan fingerprint density at radius 2 is 1.93 bits per heavy atom. The van der Waals surface area contributed by atoms with Gasteiger partial charge in [-0.25, -0.2) is 13.8 Å². The number of aromatic nitrogens is 1. The number of fused-ring (bicyclic) bond motifs is 1. The molecular weight excluding hydrogens is 398 g/mol. The third-order valence-corrected chi connectivity index (χ3v) is 5.05. The predicted molar refractivity (Wildman–Crippen MR) is 105 cm³/mol. The molecule has 2 aromatic carbocycles. The number of nitrogens with zero attached hydrogens (tertiary/aromatic N) is 2. The lowest BCUT2D eigenvalue weighted by Crippen LogP contribution is -2.37. The fourth-order valence-corrected chi connectivity index (χ4v) is 3.46. The highest BCUT2D eigenvalue weighted by Gasteiger charge is 2.26. The van der Waals surface area contributed by atoms with Gasteiger partial charge in [-0.2, -0.15) is 0 Å².